The molecule has 0 radical (unpaired) electrons. The number of methoxy groups -OCH3 is 1. The fourth-order valence-electron chi connectivity index (χ4n) is 2.71. The van der Waals surface area contributed by atoms with Gasteiger partial charge in [-0.05, 0) is 31.0 Å². The molecule has 1 aromatic carbocycles. The van der Waals surface area contributed by atoms with Gasteiger partial charge in [0.1, 0.15) is 10.6 Å². The number of hydrogen-bond donors (Lipinski definition) is 2. The van der Waals surface area contributed by atoms with Gasteiger partial charge in [0.2, 0.25) is 15.9 Å². The Labute approximate surface area is 159 Å². The molecule has 1 unspecified atom stereocenters. The Morgan fingerprint density at radius 2 is 2.20 bits per heavy atom. The van der Waals surface area contributed by atoms with Gasteiger partial charge in [-0.15, -0.1) is 12.4 Å². The van der Waals surface area contributed by atoms with Crippen LogP contribution in [0.3, 0.4) is 0 Å². The summed E-state index contributed by atoms with van der Waals surface area (Å²) in [5.74, 6) is -0.322. The molecule has 3 N–H and O–H groups in total. The first-order chi connectivity index (χ1) is 11.4. The van der Waals surface area contributed by atoms with Crippen LogP contribution in [0.25, 0.3) is 0 Å². The molecule has 1 atom stereocenters. The highest BCUT2D eigenvalue weighted by atomic mass is 35.5. The van der Waals surface area contributed by atoms with Crippen LogP contribution < -0.4 is 15.8 Å². The number of ether oxygens (including phenoxy) is 1. The van der Waals surface area contributed by atoms with E-state index in [1.807, 2.05) is 0 Å². The third-order valence-electron chi connectivity index (χ3n) is 3.94. The Bertz CT molecular complexity index is 700. The number of rotatable bonds is 6. The summed E-state index contributed by atoms with van der Waals surface area (Å²) in [5.41, 5.74) is 5.38. The zero-order chi connectivity index (χ0) is 17.7. The molecule has 0 aliphatic carbocycles. The molecule has 7 nitrogen and oxygen atoms in total. The maximum Gasteiger partial charge on any atom is 0.246 e. The topological polar surface area (TPSA) is 102 Å². The molecular formula is C15H23Cl2N3O4S. The van der Waals surface area contributed by atoms with Crippen molar-refractivity contribution >= 4 is 39.9 Å². The van der Waals surface area contributed by atoms with Gasteiger partial charge in [0.25, 0.3) is 0 Å². The maximum atomic E-state index is 12.9. The molecule has 2 rings (SSSR count). The number of nitrogens with zero attached hydrogens (tertiary/aromatic N) is 1. The minimum Gasteiger partial charge on any atom is -0.495 e. The van der Waals surface area contributed by atoms with Gasteiger partial charge in [-0.2, -0.15) is 4.31 Å². The average molecular weight is 412 g/mol. The highest BCUT2D eigenvalue weighted by Gasteiger charge is 2.34. The van der Waals surface area contributed by atoms with Crippen LogP contribution in [0, 0.1) is 5.92 Å². The van der Waals surface area contributed by atoms with Crippen molar-refractivity contribution in [1.29, 1.82) is 0 Å². The van der Waals surface area contributed by atoms with Crippen LogP contribution in [0.5, 0.6) is 5.75 Å². The molecule has 25 heavy (non-hydrogen) atoms. The van der Waals surface area contributed by atoms with Crippen molar-refractivity contribution in [3.63, 3.8) is 0 Å². The second-order valence-corrected chi connectivity index (χ2v) is 7.92. The lowest BCUT2D eigenvalue weighted by molar-refractivity contribution is -0.126. The van der Waals surface area contributed by atoms with E-state index in [0.29, 0.717) is 37.5 Å². The standard InChI is InChI=1S/C15H22ClN3O4S.ClH/c1-23-13-5-4-12(16)9-14(13)24(21,22)19-8-2-3-11(10-19)15(20)18-7-6-17;/h4-5,9,11H,2-3,6-8,10,17H2,1H3,(H,18,20);1H. The number of nitrogens with one attached hydrogen (secondary N) is 1. The number of carbonyl (C=O) groups excluding carboxylic acids is 1. The van der Waals surface area contributed by atoms with Crippen LogP contribution in [0.2, 0.25) is 5.02 Å². The summed E-state index contributed by atoms with van der Waals surface area (Å²) >= 11 is 5.94. The number of halogens is 2. The predicted molar refractivity (Wildman–Crippen MR) is 98.8 cm³/mol. The van der Waals surface area contributed by atoms with E-state index in [4.69, 9.17) is 22.1 Å². The Hall–Kier alpha value is -1.06. The van der Waals surface area contributed by atoms with Gasteiger partial charge in [-0.1, -0.05) is 11.6 Å². The molecule has 1 saturated heterocycles. The molecular weight excluding hydrogens is 389 g/mol. The van der Waals surface area contributed by atoms with Crippen LogP contribution in [0.1, 0.15) is 12.8 Å². The third-order valence-corrected chi connectivity index (χ3v) is 6.06. The van der Waals surface area contributed by atoms with Crippen LogP contribution in [0.15, 0.2) is 23.1 Å². The molecule has 1 aliphatic heterocycles. The van der Waals surface area contributed by atoms with Crippen LogP contribution >= 0.6 is 24.0 Å². The fourth-order valence-corrected chi connectivity index (χ4v) is 4.65. The normalized spacial score (nSPS) is 18.3. The largest absolute Gasteiger partial charge is 0.495 e. The van der Waals surface area contributed by atoms with Gasteiger partial charge in [-0.25, -0.2) is 8.42 Å². The Balaban J connectivity index is 0.00000312. The lowest BCUT2D eigenvalue weighted by atomic mass is 9.99. The Kier molecular flexibility index (Phi) is 8.43. The first-order valence-electron chi connectivity index (χ1n) is 7.71. The van der Waals surface area contributed by atoms with E-state index in [1.165, 1.54) is 23.5 Å². The molecule has 0 aromatic heterocycles. The monoisotopic (exact) mass is 411 g/mol. The quantitative estimate of drug-likeness (QED) is 0.732. The molecule has 1 heterocycles. The van der Waals surface area contributed by atoms with Crippen molar-refractivity contribution in [2.45, 2.75) is 17.7 Å². The summed E-state index contributed by atoms with van der Waals surface area (Å²) in [6.45, 7) is 1.22. The Morgan fingerprint density at radius 3 is 2.84 bits per heavy atom. The Morgan fingerprint density at radius 1 is 1.48 bits per heavy atom. The first-order valence-corrected chi connectivity index (χ1v) is 9.53. The van der Waals surface area contributed by atoms with Crippen molar-refractivity contribution in [2.24, 2.45) is 11.7 Å². The molecule has 0 saturated carbocycles. The van der Waals surface area contributed by atoms with Crippen molar-refractivity contribution in [3.05, 3.63) is 23.2 Å². The summed E-state index contributed by atoms with van der Waals surface area (Å²) in [4.78, 5) is 12.1. The number of amides is 1. The lowest BCUT2D eigenvalue weighted by Gasteiger charge is -2.31. The minimum atomic E-state index is -3.80. The molecule has 1 aliphatic rings. The van der Waals surface area contributed by atoms with E-state index >= 15 is 0 Å². The molecule has 0 spiro atoms. The van der Waals surface area contributed by atoms with E-state index in [0.717, 1.165) is 0 Å². The second kappa shape index (κ2) is 9.59. The summed E-state index contributed by atoms with van der Waals surface area (Å²) in [7, 11) is -2.39. The van der Waals surface area contributed by atoms with Gasteiger partial charge < -0.3 is 15.8 Å². The van der Waals surface area contributed by atoms with Gasteiger partial charge >= 0.3 is 0 Å². The van der Waals surface area contributed by atoms with Crippen molar-refractivity contribution < 1.29 is 17.9 Å². The zero-order valence-corrected chi connectivity index (χ0v) is 16.3. The van der Waals surface area contributed by atoms with Crippen LogP contribution in [0.4, 0.5) is 0 Å². The number of hydrogen-bond acceptors (Lipinski definition) is 5. The summed E-state index contributed by atoms with van der Waals surface area (Å²) < 4.78 is 32.3. The van der Waals surface area contributed by atoms with Gasteiger partial charge in [0, 0.05) is 31.2 Å². The molecule has 1 fully saturated rings. The van der Waals surface area contributed by atoms with Crippen molar-refractivity contribution in [2.75, 3.05) is 33.3 Å². The average Bonchev–Trinajstić information content (AvgIpc) is 2.59. The van der Waals surface area contributed by atoms with Crippen LogP contribution in [-0.2, 0) is 14.8 Å². The highest BCUT2D eigenvalue weighted by molar-refractivity contribution is 7.89. The molecule has 10 heteroatoms. The first kappa shape index (κ1) is 22.0. The van der Waals surface area contributed by atoms with E-state index < -0.39 is 10.0 Å². The number of sulfonamides is 1. The second-order valence-electron chi connectivity index (χ2n) is 5.58. The number of piperidine rings is 1. The number of nitrogens with two attached hydrogens (primary N) is 1. The number of benzene rings is 1. The molecule has 142 valence electrons. The number of carbonyl (C=O) groups is 1. The van der Waals surface area contributed by atoms with E-state index in [9.17, 15) is 13.2 Å². The smallest absolute Gasteiger partial charge is 0.246 e. The summed E-state index contributed by atoms with van der Waals surface area (Å²) in [6, 6.07) is 4.46. The van der Waals surface area contributed by atoms with Gasteiger partial charge in [0.05, 0.1) is 13.0 Å². The van der Waals surface area contributed by atoms with Gasteiger partial charge in [0.15, 0.2) is 0 Å². The van der Waals surface area contributed by atoms with Gasteiger partial charge in [-0.3, -0.25) is 4.79 Å². The van der Waals surface area contributed by atoms with Crippen molar-refractivity contribution in [3.8, 4) is 5.75 Å². The maximum absolute atomic E-state index is 12.9. The predicted octanol–water partition coefficient (Wildman–Crippen LogP) is 1.25. The molecule has 0 bridgehead atoms. The SMILES string of the molecule is COc1ccc(Cl)cc1S(=O)(=O)N1CCCC(C(=O)NCCN)C1.Cl. The fraction of sp³-hybridized carbons (Fsp3) is 0.533. The van der Waals surface area contributed by atoms with E-state index in [-0.39, 0.29) is 41.4 Å². The third kappa shape index (κ3) is 5.21. The van der Waals surface area contributed by atoms with E-state index in [2.05, 4.69) is 5.32 Å². The molecule has 1 aromatic rings. The minimum absolute atomic E-state index is 0. The van der Waals surface area contributed by atoms with Crippen molar-refractivity contribution in [1.82, 2.24) is 9.62 Å². The molecule has 1 amide bonds. The van der Waals surface area contributed by atoms with Crippen LogP contribution in [-0.4, -0.2) is 51.9 Å². The highest BCUT2D eigenvalue weighted by Crippen LogP contribution is 2.31. The summed E-state index contributed by atoms with van der Waals surface area (Å²) in [5, 5.41) is 3.02. The lowest BCUT2D eigenvalue weighted by Crippen LogP contribution is -2.46. The van der Waals surface area contributed by atoms with E-state index in [1.54, 1.807) is 6.07 Å². The summed E-state index contributed by atoms with van der Waals surface area (Å²) in [6.07, 6.45) is 1.26. The zero-order valence-electron chi connectivity index (χ0n) is 13.9.